The van der Waals surface area contributed by atoms with Crippen LogP contribution < -0.4 is 5.73 Å². The van der Waals surface area contributed by atoms with Crippen LogP contribution in [0.15, 0.2) is 10.7 Å². The van der Waals surface area contributed by atoms with Crippen molar-refractivity contribution in [1.82, 2.24) is 19.9 Å². The van der Waals surface area contributed by atoms with Gasteiger partial charge < -0.3 is 10.3 Å². The molecular formula is C11H17N5O. The number of nitrogens with zero attached hydrogens (tertiary/aromatic N) is 4. The third-order valence-corrected chi connectivity index (χ3v) is 2.67. The predicted molar refractivity (Wildman–Crippen MR) is 62.3 cm³/mol. The molecule has 0 saturated heterocycles. The summed E-state index contributed by atoms with van der Waals surface area (Å²) in [4.78, 5) is 4.25. The van der Waals surface area contributed by atoms with Crippen molar-refractivity contribution in [2.45, 2.75) is 32.7 Å². The van der Waals surface area contributed by atoms with E-state index in [1.54, 1.807) is 4.68 Å². The fraction of sp³-hybridized carbons (Fsp3) is 0.545. The molecule has 0 amide bonds. The fourth-order valence-electron chi connectivity index (χ4n) is 1.76. The van der Waals surface area contributed by atoms with Crippen LogP contribution in [0.4, 0.5) is 0 Å². The number of hydrogen-bond donors (Lipinski definition) is 1. The summed E-state index contributed by atoms with van der Waals surface area (Å²) in [6.45, 7) is 4.01. The lowest BCUT2D eigenvalue weighted by atomic mass is 10.1. The molecule has 17 heavy (non-hydrogen) atoms. The Morgan fingerprint density at radius 1 is 1.41 bits per heavy atom. The minimum atomic E-state index is -0.373. The summed E-state index contributed by atoms with van der Waals surface area (Å²) in [6.07, 6.45) is 3.46. The molecule has 92 valence electrons. The predicted octanol–water partition coefficient (Wildman–Crippen LogP) is 0.976. The monoisotopic (exact) mass is 235 g/mol. The lowest BCUT2D eigenvalue weighted by molar-refractivity contribution is 0.375. The molecule has 2 aromatic rings. The molecule has 2 heterocycles. The standard InChI is InChI=1S/C11H17N5O/c1-4-8-7(6-16(3)14-8)10(12)11-13-9(5-2)17-15-11/h6,10H,4-5,12H2,1-3H3. The van der Waals surface area contributed by atoms with Crippen molar-refractivity contribution in [2.75, 3.05) is 0 Å². The quantitative estimate of drug-likeness (QED) is 0.854. The van der Waals surface area contributed by atoms with Gasteiger partial charge >= 0.3 is 0 Å². The third kappa shape index (κ3) is 2.21. The molecule has 0 aliphatic carbocycles. The Balaban J connectivity index is 2.32. The van der Waals surface area contributed by atoms with Crippen LogP contribution in [0.25, 0.3) is 0 Å². The number of hydrogen-bond acceptors (Lipinski definition) is 5. The molecule has 0 aliphatic rings. The summed E-state index contributed by atoms with van der Waals surface area (Å²) in [5, 5.41) is 8.25. The highest BCUT2D eigenvalue weighted by Gasteiger charge is 2.20. The second kappa shape index (κ2) is 4.67. The molecule has 0 radical (unpaired) electrons. The van der Waals surface area contributed by atoms with E-state index in [2.05, 4.69) is 15.2 Å². The van der Waals surface area contributed by atoms with Gasteiger partial charge in [0.2, 0.25) is 5.89 Å². The van der Waals surface area contributed by atoms with Gasteiger partial charge in [-0.2, -0.15) is 10.1 Å². The molecular weight excluding hydrogens is 218 g/mol. The summed E-state index contributed by atoms with van der Waals surface area (Å²) in [6, 6.07) is -0.373. The first kappa shape index (κ1) is 11.8. The highest BCUT2D eigenvalue weighted by molar-refractivity contribution is 5.26. The zero-order valence-corrected chi connectivity index (χ0v) is 10.3. The van der Waals surface area contributed by atoms with Crippen molar-refractivity contribution in [1.29, 1.82) is 0 Å². The van der Waals surface area contributed by atoms with Gasteiger partial charge in [-0.1, -0.05) is 19.0 Å². The minimum absolute atomic E-state index is 0.373. The third-order valence-electron chi connectivity index (χ3n) is 2.67. The molecule has 2 rings (SSSR count). The maximum atomic E-state index is 6.14. The van der Waals surface area contributed by atoms with Crippen molar-refractivity contribution in [3.8, 4) is 0 Å². The Hall–Kier alpha value is -1.69. The number of nitrogens with two attached hydrogens (primary N) is 1. The maximum Gasteiger partial charge on any atom is 0.226 e. The topological polar surface area (TPSA) is 82.8 Å². The molecule has 0 spiro atoms. The van der Waals surface area contributed by atoms with Gasteiger partial charge in [-0.05, 0) is 6.42 Å². The van der Waals surface area contributed by atoms with Crippen LogP contribution in [0.5, 0.6) is 0 Å². The summed E-state index contributed by atoms with van der Waals surface area (Å²) in [5.41, 5.74) is 8.07. The van der Waals surface area contributed by atoms with Crippen LogP contribution in [0, 0.1) is 0 Å². The Kier molecular flexibility index (Phi) is 3.23. The van der Waals surface area contributed by atoms with E-state index >= 15 is 0 Å². The molecule has 0 aliphatic heterocycles. The van der Waals surface area contributed by atoms with Gasteiger partial charge in [-0.15, -0.1) is 0 Å². The van der Waals surface area contributed by atoms with Gasteiger partial charge in [0.05, 0.1) is 11.7 Å². The molecule has 1 unspecified atom stereocenters. The van der Waals surface area contributed by atoms with Crippen molar-refractivity contribution in [3.63, 3.8) is 0 Å². The van der Waals surface area contributed by atoms with Crippen LogP contribution >= 0.6 is 0 Å². The number of rotatable bonds is 4. The molecule has 6 nitrogen and oxygen atoms in total. The van der Waals surface area contributed by atoms with E-state index in [1.807, 2.05) is 27.1 Å². The Bertz CT molecular complexity index is 502. The minimum Gasteiger partial charge on any atom is -0.339 e. The molecule has 2 aromatic heterocycles. The van der Waals surface area contributed by atoms with Crippen molar-refractivity contribution in [2.24, 2.45) is 12.8 Å². The molecule has 2 N–H and O–H groups in total. The average molecular weight is 235 g/mol. The Morgan fingerprint density at radius 3 is 2.76 bits per heavy atom. The van der Waals surface area contributed by atoms with Crippen LogP contribution in [0.2, 0.25) is 0 Å². The normalized spacial score (nSPS) is 12.9. The summed E-state index contributed by atoms with van der Waals surface area (Å²) < 4.78 is 6.83. The van der Waals surface area contributed by atoms with Gasteiger partial charge in [0.15, 0.2) is 5.82 Å². The second-order valence-electron chi connectivity index (χ2n) is 3.94. The molecule has 0 bridgehead atoms. The van der Waals surface area contributed by atoms with E-state index in [0.29, 0.717) is 18.1 Å². The smallest absolute Gasteiger partial charge is 0.226 e. The number of aromatic nitrogens is 4. The van der Waals surface area contributed by atoms with Gasteiger partial charge in [0.25, 0.3) is 0 Å². The fourth-order valence-corrected chi connectivity index (χ4v) is 1.76. The summed E-state index contributed by atoms with van der Waals surface area (Å²) in [5.74, 6) is 1.13. The maximum absolute atomic E-state index is 6.14. The van der Waals surface area contributed by atoms with Gasteiger partial charge in [-0.25, -0.2) is 0 Å². The van der Waals surface area contributed by atoms with E-state index < -0.39 is 0 Å². The van der Waals surface area contributed by atoms with Crippen LogP contribution in [-0.2, 0) is 19.9 Å². The van der Waals surface area contributed by atoms with Crippen molar-refractivity contribution in [3.05, 3.63) is 29.2 Å². The van der Waals surface area contributed by atoms with E-state index in [-0.39, 0.29) is 6.04 Å². The van der Waals surface area contributed by atoms with Crippen LogP contribution in [-0.4, -0.2) is 19.9 Å². The summed E-state index contributed by atoms with van der Waals surface area (Å²) in [7, 11) is 1.88. The van der Waals surface area contributed by atoms with E-state index in [0.717, 1.165) is 17.7 Å². The first-order valence-corrected chi connectivity index (χ1v) is 5.76. The SMILES string of the molecule is CCc1nc(C(N)c2cn(C)nc2CC)no1. The number of aryl methyl sites for hydroxylation is 3. The van der Waals surface area contributed by atoms with E-state index in [9.17, 15) is 0 Å². The lowest BCUT2D eigenvalue weighted by Gasteiger charge is -2.05. The molecule has 0 aromatic carbocycles. The largest absolute Gasteiger partial charge is 0.339 e. The molecule has 0 fully saturated rings. The second-order valence-corrected chi connectivity index (χ2v) is 3.94. The van der Waals surface area contributed by atoms with E-state index in [1.165, 1.54) is 0 Å². The zero-order chi connectivity index (χ0) is 12.4. The Morgan fingerprint density at radius 2 is 2.18 bits per heavy atom. The average Bonchev–Trinajstić information content (AvgIpc) is 2.93. The molecule has 6 heteroatoms. The zero-order valence-electron chi connectivity index (χ0n) is 10.3. The van der Waals surface area contributed by atoms with Gasteiger partial charge in [0.1, 0.15) is 0 Å². The Labute approximate surface area is 99.8 Å². The first-order valence-electron chi connectivity index (χ1n) is 5.76. The van der Waals surface area contributed by atoms with E-state index in [4.69, 9.17) is 10.3 Å². The summed E-state index contributed by atoms with van der Waals surface area (Å²) >= 11 is 0. The van der Waals surface area contributed by atoms with Crippen molar-refractivity contribution >= 4 is 0 Å². The van der Waals surface area contributed by atoms with Crippen LogP contribution in [0.1, 0.15) is 42.9 Å². The highest BCUT2D eigenvalue weighted by atomic mass is 16.5. The highest BCUT2D eigenvalue weighted by Crippen LogP contribution is 2.20. The van der Waals surface area contributed by atoms with Crippen molar-refractivity contribution < 1.29 is 4.52 Å². The first-order chi connectivity index (χ1) is 8.15. The molecule has 1 atom stereocenters. The van der Waals surface area contributed by atoms with Gasteiger partial charge in [0, 0.05) is 25.2 Å². The molecule has 0 saturated carbocycles. The van der Waals surface area contributed by atoms with Crippen LogP contribution in [0.3, 0.4) is 0 Å². The lowest BCUT2D eigenvalue weighted by Crippen LogP contribution is -2.14. The van der Waals surface area contributed by atoms with Gasteiger partial charge in [-0.3, -0.25) is 4.68 Å².